The van der Waals surface area contributed by atoms with Crippen LogP contribution in [0.4, 0.5) is 5.69 Å². The van der Waals surface area contributed by atoms with Gasteiger partial charge in [-0.05, 0) is 30.3 Å². The molecule has 1 atom stereocenters. The summed E-state index contributed by atoms with van der Waals surface area (Å²) in [5.74, 6) is 1.71. The van der Waals surface area contributed by atoms with E-state index >= 15 is 0 Å². The van der Waals surface area contributed by atoms with Crippen LogP contribution in [0.25, 0.3) is 0 Å². The van der Waals surface area contributed by atoms with E-state index < -0.39 is 6.23 Å². The highest BCUT2D eigenvalue weighted by atomic mass is 16.5. The number of fused-ring (bicyclic) bond motifs is 1. The maximum absolute atomic E-state index is 13.9. The third-order valence-electron chi connectivity index (χ3n) is 5.41. The van der Waals surface area contributed by atoms with Crippen molar-refractivity contribution >= 4 is 11.6 Å². The Morgan fingerprint density at radius 1 is 0.875 bits per heavy atom. The van der Waals surface area contributed by atoms with Crippen molar-refractivity contribution in [2.45, 2.75) is 12.8 Å². The number of carbonyl (C=O) groups is 1. The Balaban J connectivity index is 1.82. The zero-order valence-electron chi connectivity index (χ0n) is 18.5. The molecule has 4 rings (SSSR count). The van der Waals surface area contributed by atoms with Crippen molar-refractivity contribution in [3.63, 3.8) is 0 Å². The molecule has 0 fully saturated rings. The lowest BCUT2D eigenvalue weighted by Crippen LogP contribution is -2.39. The Hall–Kier alpha value is -3.71. The van der Waals surface area contributed by atoms with E-state index in [0.29, 0.717) is 29.4 Å². The molecule has 1 heterocycles. The van der Waals surface area contributed by atoms with Crippen LogP contribution in [0.3, 0.4) is 0 Å². The van der Waals surface area contributed by atoms with Crippen LogP contribution in [0.15, 0.2) is 60.7 Å². The Labute approximate surface area is 187 Å². The summed E-state index contributed by atoms with van der Waals surface area (Å²) in [6.45, 7) is 0.395. The van der Waals surface area contributed by atoms with Gasteiger partial charge in [-0.1, -0.05) is 30.3 Å². The van der Waals surface area contributed by atoms with E-state index in [-0.39, 0.29) is 5.91 Å². The van der Waals surface area contributed by atoms with Crippen LogP contribution in [0.1, 0.15) is 27.7 Å². The summed E-state index contributed by atoms with van der Waals surface area (Å²) in [6, 6.07) is 18.5. The Morgan fingerprint density at radius 3 is 2.12 bits per heavy atom. The van der Waals surface area contributed by atoms with E-state index in [1.54, 1.807) is 24.1 Å². The fraction of sp³-hybridized carbons (Fsp3) is 0.240. The first-order valence-electron chi connectivity index (χ1n) is 10.1. The first-order valence-corrected chi connectivity index (χ1v) is 10.1. The Morgan fingerprint density at radius 2 is 1.53 bits per heavy atom. The van der Waals surface area contributed by atoms with Gasteiger partial charge >= 0.3 is 0 Å². The first-order chi connectivity index (χ1) is 15.6. The molecular formula is C25H25NO6. The van der Waals surface area contributed by atoms with Crippen molar-refractivity contribution < 1.29 is 28.5 Å². The van der Waals surface area contributed by atoms with Gasteiger partial charge in [-0.25, -0.2) is 0 Å². The summed E-state index contributed by atoms with van der Waals surface area (Å²) in [5.41, 5.74) is 2.94. The summed E-state index contributed by atoms with van der Waals surface area (Å²) in [6.07, 6.45) is -0.609. The van der Waals surface area contributed by atoms with Gasteiger partial charge in [0.1, 0.15) is 5.75 Å². The third kappa shape index (κ3) is 3.83. The fourth-order valence-corrected chi connectivity index (χ4v) is 3.81. The largest absolute Gasteiger partial charge is 0.497 e. The van der Waals surface area contributed by atoms with Crippen molar-refractivity contribution in [3.8, 4) is 23.0 Å². The van der Waals surface area contributed by atoms with Gasteiger partial charge in [0, 0.05) is 16.7 Å². The van der Waals surface area contributed by atoms with Gasteiger partial charge in [0.05, 0.1) is 40.7 Å². The van der Waals surface area contributed by atoms with Crippen molar-refractivity contribution in [1.82, 2.24) is 0 Å². The number of anilines is 1. The number of para-hydroxylation sites is 1. The van der Waals surface area contributed by atoms with Gasteiger partial charge in [0.15, 0.2) is 17.7 Å². The topological polar surface area (TPSA) is 66.5 Å². The molecule has 0 radical (unpaired) electrons. The van der Waals surface area contributed by atoms with E-state index in [1.807, 2.05) is 48.5 Å². The molecule has 0 spiro atoms. The number of ether oxygens (including phenoxy) is 5. The SMILES string of the molecule is COc1ccc([C@H]2OCc3ccccc3N2C(=O)c2cc(OC)c(OC)c(OC)c2)cc1. The van der Waals surface area contributed by atoms with Gasteiger partial charge in [-0.15, -0.1) is 0 Å². The minimum Gasteiger partial charge on any atom is -0.497 e. The van der Waals surface area contributed by atoms with Crippen LogP contribution in [0, 0.1) is 0 Å². The molecule has 0 aliphatic carbocycles. The van der Waals surface area contributed by atoms with E-state index in [9.17, 15) is 4.79 Å². The minimum absolute atomic E-state index is 0.253. The monoisotopic (exact) mass is 435 g/mol. The predicted octanol–water partition coefficient (Wildman–Crippen LogP) is 4.60. The van der Waals surface area contributed by atoms with E-state index in [2.05, 4.69) is 0 Å². The normalized spacial score (nSPS) is 15.0. The Kier molecular flexibility index (Phi) is 6.18. The Bertz CT molecular complexity index is 1090. The van der Waals surface area contributed by atoms with Crippen LogP contribution in [-0.4, -0.2) is 34.3 Å². The van der Waals surface area contributed by atoms with E-state index in [1.165, 1.54) is 21.3 Å². The second-order valence-electron chi connectivity index (χ2n) is 7.15. The summed E-state index contributed by atoms with van der Waals surface area (Å²) in [7, 11) is 6.18. The van der Waals surface area contributed by atoms with E-state index in [0.717, 1.165) is 22.6 Å². The molecule has 166 valence electrons. The van der Waals surface area contributed by atoms with Crippen LogP contribution >= 0.6 is 0 Å². The number of carbonyl (C=O) groups excluding carboxylic acids is 1. The minimum atomic E-state index is -0.609. The summed E-state index contributed by atoms with van der Waals surface area (Å²) >= 11 is 0. The van der Waals surface area contributed by atoms with Crippen molar-refractivity contribution in [2.75, 3.05) is 33.3 Å². The molecule has 0 N–H and O–H groups in total. The molecule has 0 bridgehead atoms. The highest BCUT2D eigenvalue weighted by Gasteiger charge is 2.34. The lowest BCUT2D eigenvalue weighted by Gasteiger charge is -2.37. The highest BCUT2D eigenvalue weighted by Crippen LogP contribution is 2.42. The van der Waals surface area contributed by atoms with Crippen molar-refractivity contribution in [3.05, 3.63) is 77.4 Å². The van der Waals surface area contributed by atoms with Crippen molar-refractivity contribution in [2.24, 2.45) is 0 Å². The summed E-state index contributed by atoms with van der Waals surface area (Å²) < 4.78 is 27.7. The number of benzene rings is 3. The summed E-state index contributed by atoms with van der Waals surface area (Å²) in [4.78, 5) is 15.5. The number of hydrogen-bond donors (Lipinski definition) is 0. The van der Waals surface area contributed by atoms with Gasteiger partial charge in [0.2, 0.25) is 5.75 Å². The standard InChI is InChI=1S/C25H25NO6/c1-28-19-11-9-16(10-12-19)25-26(20-8-6-5-7-17(20)15-32-25)24(27)18-13-21(29-2)23(31-4)22(14-18)30-3/h5-14,25H,15H2,1-4H3/t25-/m1/s1. The molecular weight excluding hydrogens is 410 g/mol. The molecule has 1 aliphatic heterocycles. The molecule has 0 unspecified atom stereocenters. The van der Waals surface area contributed by atoms with Gasteiger partial charge in [-0.3, -0.25) is 9.69 Å². The number of hydrogen-bond acceptors (Lipinski definition) is 6. The molecule has 1 amide bonds. The lowest BCUT2D eigenvalue weighted by atomic mass is 10.0. The quantitative estimate of drug-likeness (QED) is 0.564. The number of rotatable bonds is 6. The lowest BCUT2D eigenvalue weighted by molar-refractivity contribution is 0.0254. The molecule has 1 aliphatic rings. The van der Waals surface area contributed by atoms with Crippen LogP contribution in [-0.2, 0) is 11.3 Å². The number of amides is 1. The van der Waals surface area contributed by atoms with Crippen LogP contribution in [0.5, 0.6) is 23.0 Å². The maximum Gasteiger partial charge on any atom is 0.260 e. The molecule has 3 aromatic carbocycles. The fourth-order valence-electron chi connectivity index (χ4n) is 3.81. The second-order valence-corrected chi connectivity index (χ2v) is 7.15. The van der Waals surface area contributed by atoms with Gasteiger partial charge in [-0.2, -0.15) is 0 Å². The average Bonchev–Trinajstić information content (AvgIpc) is 2.86. The van der Waals surface area contributed by atoms with Crippen molar-refractivity contribution in [1.29, 1.82) is 0 Å². The van der Waals surface area contributed by atoms with E-state index in [4.69, 9.17) is 23.7 Å². The molecule has 0 saturated heterocycles. The predicted molar refractivity (Wildman–Crippen MR) is 120 cm³/mol. The highest BCUT2D eigenvalue weighted by molar-refractivity contribution is 6.07. The first kappa shape index (κ1) is 21.5. The second kappa shape index (κ2) is 9.20. The molecule has 32 heavy (non-hydrogen) atoms. The third-order valence-corrected chi connectivity index (χ3v) is 5.41. The van der Waals surface area contributed by atoms with Crippen LogP contribution < -0.4 is 23.8 Å². The molecule has 7 nitrogen and oxygen atoms in total. The average molecular weight is 435 g/mol. The number of methoxy groups -OCH3 is 4. The molecule has 7 heteroatoms. The zero-order valence-corrected chi connectivity index (χ0v) is 18.5. The molecule has 0 saturated carbocycles. The van der Waals surface area contributed by atoms with Gasteiger partial charge in [0.25, 0.3) is 5.91 Å². The molecule has 0 aromatic heterocycles. The van der Waals surface area contributed by atoms with Gasteiger partial charge < -0.3 is 23.7 Å². The number of nitrogens with zero attached hydrogens (tertiary/aromatic N) is 1. The van der Waals surface area contributed by atoms with Crippen LogP contribution in [0.2, 0.25) is 0 Å². The zero-order chi connectivity index (χ0) is 22.7. The summed E-state index contributed by atoms with van der Waals surface area (Å²) in [5, 5.41) is 0. The smallest absolute Gasteiger partial charge is 0.260 e. The maximum atomic E-state index is 13.9. The molecule has 3 aromatic rings.